The fraction of sp³-hybridized carbons (Fsp3) is 0.211. The number of hydrogen-bond donors (Lipinski definition) is 0. The van der Waals surface area contributed by atoms with Crippen LogP contribution in [0.25, 0.3) is 22.5 Å². The van der Waals surface area contributed by atoms with Crippen LogP contribution in [-0.2, 0) is 6.54 Å². The van der Waals surface area contributed by atoms with E-state index in [9.17, 15) is 0 Å². The molecule has 2 heterocycles. The Hall–Kier alpha value is -3.15. The van der Waals surface area contributed by atoms with E-state index in [4.69, 9.17) is 9.15 Å². The zero-order valence-corrected chi connectivity index (χ0v) is 14.4. The van der Waals surface area contributed by atoms with E-state index in [0.29, 0.717) is 18.3 Å². The van der Waals surface area contributed by atoms with Gasteiger partial charge in [0.15, 0.2) is 0 Å². The number of aromatic nitrogens is 4. The molecule has 0 bridgehead atoms. The van der Waals surface area contributed by atoms with E-state index < -0.39 is 0 Å². The van der Waals surface area contributed by atoms with Crippen LogP contribution in [0.15, 0.2) is 47.1 Å². The molecule has 2 aromatic carbocycles. The number of imidazole rings is 1. The monoisotopic (exact) mass is 334 g/mol. The highest BCUT2D eigenvalue weighted by molar-refractivity contribution is 5.77. The second-order valence-electron chi connectivity index (χ2n) is 6.03. The van der Waals surface area contributed by atoms with Crippen LogP contribution in [0.4, 0.5) is 0 Å². The third-order valence-corrected chi connectivity index (χ3v) is 4.35. The number of benzene rings is 2. The van der Waals surface area contributed by atoms with Crippen molar-refractivity contribution in [3.05, 3.63) is 59.7 Å². The summed E-state index contributed by atoms with van der Waals surface area (Å²) in [6, 6.07) is 11.8. The standard InChI is InChI=1S/C19H18N4O2/c1-12-8-16-17(9-13(12)2)23(11-20-16)10-18-21-22-19(25-18)14-4-6-15(24-3)7-5-14/h4-9,11H,10H2,1-3H3. The number of aryl methyl sites for hydroxylation is 2. The highest BCUT2D eigenvalue weighted by Crippen LogP contribution is 2.23. The lowest BCUT2D eigenvalue weighted by molar-refractivity contribution is 0.415. The summed E-state index contributed by atoms with van der Waals surface area (Å²) < 4.78 is 13.0. The summed E-state index contributed by atoms with van der Waals surface area (Å²) in [5, 5.41) is 8.30. The maximum atomic E-state index is 5.81. The number of rotatable bonds is 4. The van der Waals surface area contributed by atoms with E-state index in [1.807, 2.05) is 28.8 Å². The van der Waals surface area contributed by atoms with Gasteiger partial charge in [-0.25, -0.2) is 4.98 Å². The second-order valence-corrected chi connectivity index (χ2v) is 6.03. The third kappa shape index (κ3) is 2.87. The zero-order chi connectivity index (χ0) is 17.4. The molecule has 0 aliphatic heterocycles. The summed E-state index contributed by atoms with van der Waals surface area (Å²) in [6.45, 7) is 4.68. The molecule has 0 amide bonds. The van der Waals surface area contributed by atoms with Gasteiger partial charge in [0, 0.05) is 5.56 Å². The lowest BCUT2D eigenvalue weighted by Gasteiger charge is -2.03. The van der Waals surface area contributed by atoms with Gasteiger partial charge in [-0.2, -0.15) is 0 Å². The Bertz CT molecular complexity index is 1030. The molecule has 6 nitrogen and oxygen atoms in total. The van der Waals surface area contributed by atoms with Crippen molar-refractivity contribution < 1.29 is 9.15 Å². The maximum Gasteiger partial charge on any atom is 0.247 e. The smallest absolute Gasteiger partial charge is 0.247 e. The summed E-state index contributed by atoms with van der Waals surface area (Å²) in [4.78, 5) is 4.46. The minimum Gasteiger partial charge on any atom is -0.497 e. The second kappa shape index (κ2) is 6.05. The van der Waals surface area contributed by atoms with Crippen molar-refractivity contribution in [3.8, 4) is 17.2 Å². The number of methoxy groups -OCH3 is 1. The quantitative estimate of drug-likeness (QED) is 0.568. The van der Waals surface area contributed by atoms with Crippen LogP contribution in [0.1, 0.15) is 17.0 Å². The molecule has 4 rings (SSSR count). The maximum absolute atomic E-state index is 5.81. The summed E-state index contributed by atoms with van der Waals surface area (Å²) in [7, 11) is 1.64. The molecule has 6 heteroatoms. The van der Waals surface area contributed by atoms with Gasteiger partial charge in [0.05, 0.1) is 24.5 Å². The van der Waals surface area contributed by atoms with Crippen molar-refractivity contribution >= 4 is 11.0 Å². The summed E-state index contributed by atoms with van der Waals surface area (Å²) >= 11 is 0. The molecule has 0 saturated heterocycles. The van der Waals surface area contributed by atoms with E-state index in [1.165, 1.54) is 11.1 Å². The van der Waals surface area contributed by atoms with E-state index in [0.717, 1.165) is 22.3 Å². The molecule has 25 heavy (non-hydrogen) atoms. The Balaban J connectivity index is 1.61. The Morgan fingerprint density at radius 2 is 1.80 bits per heavy atom. The number of hydrogen-bond acceptors (Lipinski definition) is 5. The van der Waals surface area contributed by atoms with Gasteiger partial charge in [-0.3, -0.25) is 0 Å². The van der Waals surface area contributed by atoms with E-state index in [1.54, 1.807) is 13.4 Å². The number of ether oxygens (including phenoxy) is 1. The third-order valence-electron chi connectivity index (χ3n) is 4.35. The topological polar surface area (TPSA) is 66.0 Å². The highest BCUT2D eigenvalue weighted by Gasteiger charge is 2.11. The number of fused-ring (bicyclic) bond motifs is 1. The van der Waals surface area contributed by atoms with Gasteiger partial charge in [0.2, 0.25) is 11.8 Å². The molecular weight excluding hydrogens is 316 g/mol. The summed E-state index contributed by atoms with van der Waals surface area (Å²) in [5.41, 5.74) is 5.36. The molecule has 0 spiro atoms. The molecular formula is C19H18N4O2. The molecule has 0 unspecified atom stereocenters. The molecule has 0 radical (unpaired) electrons. The van der Waals surface area contributed by atoms with E-state index in [-0.39, 0.29) is 0 Å². The van der Waals surface area contributed by atoms with Gasteiger partial charge in [0.25, 0.3) is 0 Å². The lowest BCUT2D eigenvalue weighted by atomic mass is 10.1. The van der Waals surface area contributed by atoms with E-state index >= 15 is 0 Å². The van der Waals surface area contributed by atoms with Crippen LogP contribution in [0.5, 0.6) is 5.75 Å². The molecule has 0 aliphatic carbocycles. The summed E-state index contributed by atoms with van der Waals surface area (Å²) in [5.74, 6) is 1.83. The average Bonchev–Trinajstić information content (AvgIpc) is 3.24. The fourth-order valence-corrected chi connectivity index (χ4v) is 2.75. The van der Waals surface area contributed by atoms with Gasteiger partial charge in [-0.05, 0) is 61.4 Å². The van der Waals surface area contributed by atoms with Gasteiger partial charge in [0.1, 0.15) is 12.3 Å². The minimum absolute atomic E-state index is 0.488. The first-order chi connectivity index (χ1) is 12.1. The van der Waals surface area contributed by atoms with Gasteiger partial charge in [-0.1, -0.05) is 0 Å². The van der Waals surface area contributed by atoms with Crippen molar-refractivity contribution in [2.45, 2.75) is 20.4 Å². The number of nitrogens with zero attached hydrogens (tertiary/aromatic N) is 4. The molecule has 0 aliphatic rings. The summed E-state index contributed by atoms with van der Waals surface area (Å²) in [6.07, 6.45) is 1.81. The minimum atomic E-state index is 0.488. The van der Waals surface area contributed by atoms with Crippen molar-refractivity contribution in [2.75, 3.05) is 7.11 Å². The first-order valence-electron chi connectivity index (χ1n) is 8.03. The average molecular weight is 334 g/mol. The highest BCUT2D eigenvalue weighted by atomic mass is 16.5. The Morgan fingerprint density at radius 1 is 1.04 bits per heavy atom. The normalized spacial score (nSPS) is 11.2. The fourth-order valence-electron chi connectivity index (χ4n) is 2.75. The molecule has 0 fully saturated rings. The van der Waals surface area contributed by atoms with Gasteiger partial charge in [-0.15, -0.1) is 10.2 Å². The van der Waals surface area contributed by atoms with Crippen molar-refractivity contribution in [1.29, 1.82) is 0 Å². The predicted octanol–water partition coefficient (Wildman–Crippen LogP) is 3.76. The van der Waals surface area contributed by atoms with Crippen LogP contribution in [0, 0.1) is 13.8 Å². The zero-order valence-electron chi connectivity index (χ0n) is 14.4. The van der Waals surface area contributed by atoms with Crippen LogP contribution in [0.2, 0.25) is 0 Å². The van der Waals surface area contributed by atoms with Crippen molar-refractivity contribution in [1.82, 2.24) is 19.7 Å². The molecule has 0 saturated carbocycles. The molecule has 4 aromatic rings. The predicted molar refractivity (Wildman–Crippen MR) is 94.6 cm³/mol. The van der Waals surface area contributed by atoms with Gasteiger partial charge >= 0.3 is 0 Å². The van der Waals surface area contributed by atoms with Crippen LogP contribution in [0.3, 0.4) is 0 Å². The van der Waals surface area contributed by atoms with Crippen molar-refractivity contribution in [3.63, 3.8) is 0 Å². The van der Waals surface area contributed by atoms with E-state index in [2.05, 4.69) is 41.2 Å². The molecule has 2 aromatic heterocycles. The van der Waals surface area contributed by atoms with Crippen molar-refractivity contribution in [2.24, 2.45) is 0 Å². The van der Waals surface area contributed by atoms with Crippen LogP contribution in [-0.4, -0.2) is 26.9 Å². The molecule has 0 N–H and O–H groups in total. The van der Waals surface area contributed by atoms with Crippen LogP contribution < -0.4 is 4.74 Å². The van der Waals surface area contributed by atoms with Crippen LogP contribution >= 0.6 is 0 Å². The Morgan fingerprint density at radius 3 is 2.56 bits per heavy atom. The molecule has 126 valence electrons. The molecule has 0 atom stereocenters. The Labute approximate surface area is 145 Å². The Kier molecular flexibility index (Phi) is 3.72. The van der Waals surface area contributed by atoms with Gasteiger partial charge < -0.3 is 13.7 Å². The SMILES string of the molecule is COc1ccc(-c2nnc(Cn3cnc4cc(C)c(C)cc43)o2)cc1. The largest absolute Gasteiger partial charge is 0.497 e. The first-order valence-corrected chi connectivity index (χ1v) is 8.03. The lowest BCUT2D eigenvalue weighted by Crippen LogP contribution is -1.98. The first kappa shape index (κ1) is 15.4.